The maximum absolute atomic E-state index is 12.3. The highest BCUT2D eigenvalue weighted by Crippen LogP contribution is 2.23. The highest BCUT2D eigenvalue weighted by atomic mass is 32.1. The molecule has 0 amide bonds. The third-order valence-corrected chi connectivity index (χ3v) is 2.05. The number of ether oxygens (including phenoxy) is 1. The summed E-state index contributed by atoms with van der Waals surface area (Å²) in [6, 6.07) is 0. The van der Waals surface area contributed by atoms with E-state index in [1.54, 1.807) is 0 Å². The summed E-state index contributed by atoms with van der Waals surface area (Å²) in [6.07, 6.45) is -3.74. The molecule has 0 unspecified atom stereocenters. The molecule has 15 heavy (non-hydrogen) atoms. The summed E-state index contributed by atoms with van der Waals surface area (Å²) in [7, 11) is 0. The van der Waals surface area contributed by atoms with Crippen molar-refractivity contribution in [3.05, 3.63) is 5.01 Å². The van der Waals surface area contributed by atoms with Gasteiger partial charge in [0.2, 0.25) is 5.13 Å². The van der Waals surface area contributed by atoms with Gasteiger partial charge in [-0.2, -0.15) is 8.78 Å². The molecule has 0 radical (unpaired) electrons. The summed E-state index contributed by atoms with van der Waals surface area (Å²) >= 11 is 0.945. The van der Waals surface area contributed by atoms with Crippen LogP contribution in [0, 0.1) is 0 Å². The average Bonchev–Trinajstić information content (AvgIpc) is 2.51. The zero-order valence-electron chi connectivity index (χ0n) is 7.29. The van der Waals surface area contributed by atoms with Gasteiger partial charge in [0.15, 0.2) is 0 Å². The standard InChI is InChI=1S/C6H7F4N3OS/c7-4(8)6(9,10)2-14-1-3-12-13-5(11)15-3/h4H,1-2H2,(H2,11,13). The van der Waals surface area contributed by atoms with Gasteiger partial charge >= 0.3 is 12.3 Å². The molecular formula is C6H7F4N3OS. The van der Waals surface area contributed by atoms with Crippen molar-refractivity contribution < 1.29 is 22.3 Å². The first-order valence-electron chi connectivity index (χ1n) is 3.73. The minimum absolute atomic E-state index is 0.161. The first-order chi connectivity index (χ1) is 6.92. The van der Waals surface area contributed by atoms with Gasteiger partial charge in [-0.05, 0) is 0 Å². The Morgan fingerprint density at radius 2 is 2.07 bits per heavy atom. The number of rotatable bonds is 5. The van der Waals surface area contributed by atoms with Crippen LogP contribution in [0.3, 0.4) is 0 Å². The number of hydrogen-bond donors (Lipinski definition) is 1. The van der Waals surface area contributed by atoms with Crippen LogP contribution in [-0.2, 0) is 11.3 Å². The van der Waals surface area contributed by atoms with Crippen molar-refractivity contribution in [3.63, 3.8) is 0 Å². The fourth-order valence-electron chi connectivity index (χ4n) is 0.662. The molecule has 0 aromatic carbocycles. The average molecular weight is 245 g/mol. The number of anilines is 1. The molecule has 0 spiro atoms. The Bertz CT molecular complexity index is 319. The van der Waals surface area contributed by atoms with Crippen LogP contribution in [-0.4, -0.2) is 29.2 Å². The number of nitrogen functional groups attached to an aromatic ring is 1. The Hall–Kier alpha value is -0.960. The van der Waals surface area contributed by atoms with Gasteiger partial charge in [-0.25, -0.2) is 8.78 Å². The van der Waals surface area contributed by atoms with E-state index in [1.807, 2.05) is 0 Å². The molecule has 1 aromatic rings. The van der Waals surface area contributed by atoms with Gasteiger partial charge in [0.05, 0.1) is 0 Å². The van der Waals surface area contributed by atoms with Gasteiger partial charge in [0.25, 0.3) is 0 Å². The predicted molar refractivity (Wildman–Crippen MR) is 44.9 cm³/mol. The quantitative estimate of drug-likeness (QED) is 0.799. The van der Waals surface area contributed by atoms with Crippen molar-refractivity contribution >= 4 is 16.5 Å². The molecular weight excluding hydrogens is 238 g/mol. The Kier molecular flexibility index (Phi) is 3.80. The first-order valence-corrected chi connectivity index (χ1v) is 4.55. The lowest BCUT2D eigenvalue weighted by molar-refractivity contribution is -0.168. The second kappa shape index (κ2) is 4.71. The molecule has 86 valence electrons. The zero-order chi connectivity index (χ0) is 11.5. The summed E-state index contributed by atoms with van der Waals surface area (Å²) in [5.41, 5.74) is 5.21. The van der Waals surface area contributed by atoms with Gasteiger partial charge < -0.3 is 10.5 Å². The maximum Gasteiger partial charge on any atom is 0.330 e. The fourth-order valence-corrected chi connectivity index (χ4v) is 1.21. The van der Waals surface area contributed by atoms with Crippen molar-refractivity contribution in [3.8, 4) is 0 Å². The SMILES string of the molecule is Nc1nnc(COCC(F)(F)C(F)F)s1. The van der Waals surface area contributed by atoms with Gasteiger partial charge in [0.1, 0.15) is 18.2 Å². The van der Waals surface area contributed by atoms with Crippen LogP contribution in [0.5, 0.6) is 0 Å². The van der Waals surface area contributed by atoms with Crippen LogP contribution in [0.1, 0.15) is 5.01 Å². The van der Waals surface area contributed by atoms with Crippen LogP contribution in [0.4, 0.5) is 22.7 Å². The van der Waals surface area contributed by atoms with Gasteiger partial charge in [-0.15, -0.1) is 10.2 Å². The van der Waals surface area contributed by atoms with Crippen LogP contribution in [0.15, 0.2) is 0 Å². The minimum Gasteiger partial charge on any atom is -0.374 e. The highest BCUT2D eigenvalue weighted by molar-refractivity contribution is 7.15. The van der Waals surface area contributed by atoms with E-state index in [4.69, 9.17) is 5.73 Å². The molecule has 1 rings (SSSR count). The molecule has 0 fully saturated rings. The van der Waals surface area contributed by atoms with Crippen LogP contribution in [0.2, 0.25) is 0 Å². The summed E-state index contributed by atoms with van der Waals surface area (Å²) in [5, 5.41) is 7.29. The molecule has 0 saturated carbocycles. The van der Waals surface area contributed by atoms with E-state index in [0.717, 1.165) is 11.3 Å². The molecule has 0 atom stereocenters. The zero-order valence-corrected chi connectivity index (χ0v) is 8.11. The van der Waals surface area contributed by atoms with E-state index in [2.05, 4.69) is 14.9 Å². The summed E-state index contributed by atoms with van der Waals surface area (Å²) in [4.78, 5) is 0. The highest BCUT2D eigenvalue weighted by Gasteiger charge is 2.40. The normalized spacial score (nSPS) is 12.3. The Morgan fingerprint density at radius 1 is 1.40 bits per heavy atom. The monoisotopic (exact) mass is 245 g/mol. The van der Waals surface area contributed by atoms with E-state index < -0.39 is 19.0 Å². The van der Waals surface area contributed by atoms with Crippen molar-refractivity contribution in [1.29, 1.82) is 0 Å². The van der Waals surface area contributed by atoms with Crippen molar-refractivity contribution in [2.45, 2.75) is 19.0 Å². The topological polar surface area (TPSA) is 61.0 Å². The third kappa shape index (κ3) is 3.59. The van der Waals surface area contributed by atoms with Gasteiger partial charge in [0, 0.05) is 0 Å². The Labute approximate surface area is 86.1 Å². The molecule has 4 nitrogen and oxygen atoms in total. The molecule has 9 heteroatoms. The van der Waals surface area contributed by atoms with Crippen molar-refractivity contribution in [2.24, 2.45) is 0 Å². The van der Waals surface area contributed by atoms with E-state index in [-0.39, 0.29) is 16.7 Å². The van der Waals surface area contributed by atoms with Gasteiger partial charge in [-0.3, -0.25) is 0 Å². The Balaban J connectivity index is 2.33. The molecule has 0 aliphatic rings. The number of nitrogens with two attached hydrogens (primary N) is 1. The summed E-state index contributed by atoms with van der Waals surface area (Å²) in [5.74, 6) is -4.14. The Morgan fingerprint density at radius 3 is 2.53 bits per heavy atom. The molecule has 2 N–H and O–H groups in total. The molecule has 0 aliphatic heterocycles. The van der Waals surface area contributed by atoms with Crippen molar-refractivity contribution in [2.75, 3.05) is 12.3 Å². The number of hydrogen-bond acceptors (Lipinski definition) is 5. The smallest absolute Gasteiger partial charge is 0.330 e. The second-order valence-corrected chi connectivity index (χ2v) is 3.68. The maximum atomic E-state index is 12.3. The number of nitrogens with zero attached hydrogens (tertiary/aromatic N) is 2. The van der Waals surface area contributed by atoms with Crippen LogP contribution in [0.25, 0.3) is 0 Å². The lowest BCUT2D eigenvalue weighted by Gasteiger charge is -2.14. The molecule has 0 aliphatic carbocycles. The van der Waals surface area contributed by atoms with Gasteiger partial charge in [-0.1, -0.05) is 11.3 Å². The predicted octanol–water partition coefficient (Wildman–Crippen LogP) is 1.54. The molecule has 1 heterocycles. The molecule has 0 bridgehead atoms. The largest absolute Gasteiger partial charge is 0.374 e. The first kappa shape index (κ1) is 12.1. The number of alkyl halides is 4. The van der Waals surface area contributed by atoms with E-state index in [1.165, 1.54) is 0 Å². The third-order valence-electron chi connectivity index (χ3n) is 1.32. The number of halogens is 4. The summed E-state index contributed by atoms with van der Waals surface area (Å²) < 4.78 is 52.4. The lowest BCUT2D eigenvalue weighted by Crippen LogP contribution is -2.32. The van der Waals surface area contributed by atoms with E-state index in [0.29, 0.717) is 0 Å². The second-order valence-electron chi connectivity index (χ2n) is 2.59. The van der Waals surface area contributed by atoms with E-state index >= 15 is 0 Å². The number of aromatic nitrogens is 2. The lowest BCUT2D eigenvalue weighted by atomic mass is 10.4. The fraction of sp³-hybridized carbons (Fsp3) is 0.667. The van der Waals surface area contributed by atoms with Crippen LogP contribution < -0.4 is 5.73 Å². The van der Waals surface area contributed by atoms with E-state index in [9.17, 15) is 17.6 Å². The minimum atomic E-state index is -4.14. The van der Waals surface area contributed by atoms with Crippen LogP contribution >= 0.6 is 11.3 Å². The van der Waals surface area contributed by atoms with Crippen molar-refractivity contribution in [1.82, 2.24) is 10.2 Å². The molecule has 0 saturated heterocycles. The summed E-state index contributed by atoms with van der Waals surface area (Å²) in [6.45, 7) is -1.67. The molecule has 1 aromatic heterocycles.